The minimum absolute atomic E-state index is 0.199. The lowest BCUT2D eigenvalue weighted by Crippen LogP contribution is -2.28. The molecule has 8 heteroatoms. The predicted octanol–water partition coefficient (Wildman–Crippen LogP) is 3.89. The fourth-order valence-electron chi connectivity index (χ4n) is 2.64. The zero-order chi connectivity index (χ0) is 18.1. The minimum Gasteiger partial charge on any atom is -0.444 e. The topological polar surface area (TPSA) is 88.2 Å². The Morgan fingerprint density at radius 2 is 2.12 bits per heavy atom. The van der Waals surface area contributed by atoms with Crippen molar-refractivity contribution < 1.29 is 13.7 Å². The van der Waals surface area contributed by atoms with Crippen molar-refractivity contribution in [3.8, 4) is 11.6 Å². The monoisotopic (exact) mass is 414 g/mol. The number of rotatable bonds is 5. The van der Waals surface area contributed by atoms with Gasteiger partial charge < -0.3 is 18.8 Å². The van der Waals surface area contributed by atoms with Crippen LogP contribution in [0.2, 0.25) is 0 Å². The van der Waals surface area contributed by atoms with Gasteiger partial charge in [0.15, 0.2) is 16.3 Å². The Hall–Kier alpha value is -2.87. The average molecular weight is 415 g/mol. The van der Waals surface area contributed by atoms with Crippen molar-refractivity contribution in [1.29, 1.82) is 0 Å². The Morgan fingerprint density at radius 1 is 1.27 bits per heavy atom. The normalized spacial score (nSPS) is 11.2. The summed E-state index contributed by atoms with van der Waals surface area (Å²) in [5.74, 6) is 1.06. The highest BCUT2D eigenvalue weighted by Gasteiger charge is 2.17. The van der Waals surface area contributed by atoms with Crippen molar-refractivity contribution in [3.63, 3.8) is 0 Å². The molecule has 1 N–H and O–H groups in total. The number of aromatic nitrogens is 3. The standard InChI is InChI=1S/C18H15BrN4O3/c1-23(18(24)14-6-7-15(19)25-14)9-8-16-21-17(26-22-16)13-10-11-4-2-3-5-12(11)20-13/h2-7,10,20H,8-9H2,1H3. The first-order chi connectivity index (χ1) is 12.6. The van der Waals surface area contributed by atoms with E-state index in [0.717, 1.165) is 16.6 Å². The van der Waals surface area contributed by atoms with E-state index in [1.165, 1.54) is 0 Å². The molecule has 132 valence electrons. The number of fused-ring (bicyclic) bond motifs is 1. The van der Waals surface area contributed by atoms with Gasteiger partial charge in [0.1, 0.15) is 5.69 Å². The molecule has 0 aliphatic rings. The summed E-state index contributed by atoms with van der Waals surface area (Å²) in [6.07, 6.45) is 0.480. The van der Waals surface area contributed by atoms with Crippen LogP contribution >= 0.6 is 15.9 Å². The largest absolute Gasteiger partial charge is 0.444 e. The van der Waals surface area contributed by atoms with Gasteiger partial charge in [0.2, 0.25) is 0 Å². The average Bonchev–Trinajstić information content (AvgIpc) is 3.37. The molecule has 0 atom stereocenters. The number of carbonyl (C=O) groups excluding carboxylic acids is 1. The molecule has 4 aromatic rings. The SMILES string of the molecule is CN(CCc1noc(-c2cc3ccccc3[nH]2)n1)C(=O)c1ccc(Br)o1. The Balaban J connectivity index is 1.42. The summed E-state index contributed by atoms with van der Waals surface area (Å²) < 4.78 is 11.1. The van der Waals surface area contributed by atoms with Crippen molar-refractivity contribution in [3.05, 3.63) is 58.7 Å². The number of likely N-dealkylation sites (N-methyl/N-ethyl adjacent to an activating group) is 1. The first-order valence-electron chi connectivity index (χ1n) is 8.01. The van der Waals surface area contributed by atoms with E-state index in [4.69, 9.17) is 8.94 Å². The van der Waals surface area contributed by atoms with E-state index >= 15 is 0 Å². The summed E-state index contributed by atoms with van der Waals surface area (Å²) in [5.41, 5.74) is 1.78. The molecule has 0 radical (unpaired) electrons. The van der Waals surface area contributed by atoms with E-state index in [1.807, 2.05) is 30.3 Å². The van der Waals surface area contributed by atoms with Crippen LogP contribution in [0, 0.1) is 0 Å². The second-order valence-electron chi connectivity index (χ2n) is 5.87. The number of aromatic amines is 1. The first-order valence-corrected chi connectivity index (χ1v) is 8.81. The van der Waals surface area contributed by atoms with Gasteiger partial charge in [-0.05, 0) is 40.2 Å². The van der Waals surface area contributed by atoms with Gasteiger partial charge in [0.05, 0.1) is 0 Å². The summed E-state index contributed by atoms with van der Waals surface area (Å²) in [7, 11) is 1.71. The van der Waals surface area contributed by atoms with Gasteiger partial charge in [-0.1, -0.05) is 23.4 Å². The van der Waals surface area contributed by atoms with Crippen LogP contribution in [-0.4, -0.2) is 39.5 Å². The summed E-state index contributed by atoms with van der Waals surface area (Å²) in [4.78, 5) is 21.5. The van der Waals surface area contributed by atoms with Crippen LogP contribution in [0.5, 0.6) is 0 Å². The van der Waals surface area contributed by atoms with Crippen LogP contribution in [0.3, 0.4) is 0 Å². The van der Waals surface area contributed by atoms with E-state index in [2.05, 4.69) is 31.1 Å². The molecule has 1 aromatic carbocycles. The molecule has 26 heavy (non-hydrogen) atoms. The molecule has 1 amide bonds. The number of nitrogens with one attached hydrogen (secondary N) is 1. The molecule has 0 spiro atoms. The van der Waals surface area contributed by atoms with Crippen LogP contribution in [0.1, 0.15) is 16.4 Å². The van der Waals surface area contributed by atoms with Gasteiger partial charge in [-0.2, -0.15) is 4.98 Å². The van der Waals surface area contributed by atoms with E-state index in [9.17, 15) is 4.79 Å². The number of benzene rings is 1. The number of nitrogens with zero attached hydrogens (tertiary/aromatic N) is 3. The Kier molecular flexibility index (Phi) is 4.34. The fraction of sp³-hybridized carbons (Fsp3) is 0.167. The highest BCUT2D eigenvalue weighted by atomic mass is 79.9. The van der Waals surface area contributed by atoms with E-state index in [-0.39, 0.29) is 11.7 Å². The van der Waals surface area contributed by atoms with Crippen molar-refractivity contribution in [2.75, 3.05) is 13.6 Å². The van der Waals surface area contributed by atoms with Crippen molar-refractivity contribution >= 4 is 32.7 Å². The second kappa shape index (κ2) is 6.80. The summed E-state index contributed by atoms with van der Waals surface area (Å²) in [6.45, 7) is 0.447. The van der Waals surface area contributed by atoms with E-state index in [0.29, 0.717) is 29.4 Å². The van der Waals surface area contributed by atoms with Crippen LogP contribution in [0.15, 0.2) is 56.1 Å². The van der Waals surface area contributed by atoms with E-state index in [1.54, 1.807) is 24.1 Å². The maximum absolute atomic E-state index is 12.2. The van der Waals surface area contributed by atoms with Gasteiger partial charge in [0, 0.05) is 30.9 Å². The van der Waals surface area contributed by atoms with Gasteiger partial charge in [-0.25, -0.2) is 0 Å². The molecule has 0 saturated heterocycles. The van der Waals surface area contributed by atoms with Crippen LogP contribution in [0.25, 0.3) is 22.5 Å². The number of amides is 1. The molecule has 4 rings (SSSR count). The third-order valence-electron chi connectivity index (χ3n) is 4.03. The zero-order valence-electron chi connectivity index (χ0n) is 13.9. The highest BCUT2D eigenvalue weighted by Crippen LogP contribution is 2.22. The molecular weight excluding hydrogens is 400 g/mol. The maximum atomic E-state index is 12.2. The number of H-pyrrole nitrogens is 1. The summed E-state index contributed by atoms with van der Waals surface area (Å²) in [6, 6.07) is 13.2. The first kappa shape index (κ1) is 16.6. The molecule has 0 unspecified atom stereocenters. The number of hydrogen-bond acceptors (Lipinski definition) is 5. The third-order valence-corrected chi connectivity index (χ3v) is 4.46. The molecule has 0 saturated carbocycles. The Labute approximate surface area is 157 Å². The van der Waals surface area contributed by atoms with Crippen molar-refractivity contribution in [1.82, 2.24) is 20.0 Å². The Morgan fingerprint density at radius 3 is 2.88 bits per heavy atom. The number of furan rings is 1. The molecule has 7 nitrogen and oxygen atoms in total. The lowest BCUT2D eigenvalue weighted by atomic mass is 10.2. The van der Waals surface area contributed by atoms with Gasteiger partial charge in [0.25, 0.3) is 11.8 Å². The Bertz CT molecular complexity index is 1030. The second-order valence-corrected chi connectivity index (χ2v) is 6.65. The lowest BCUT2D eigenvalue weighted by Gasteiger charge is -2.14. The number of para-hydroxylation sites is 1. The highest BCUT2D eigenvalue weighted by molar-refractivity contribution is 9.10. The van der Waals surface area contributed by atoms with Crippen LogP contribution in [-0.2, 0) is 6.42 Å². The maximum Gasteiger partial charge on any atom is 0.289 e. The van der Waals surface area contributed by atoms with E-state index < -0.39 is 0 Å². The van der Waals surface area contributed by atoms with Gasteiger partial charge in [-0.3, -0.25) is 4.79 Å². The molecule has 0 fully saturated rings. The lowest BCUT2D eigenvalue weighted by molar-refractivity contribution is 0.0763. The quantitative estimate of drug-likeness (QED) is 0.535. The third kappa shape index (κ3) is 3.28. The molecule has 3 aromatic heterocycles. The van der Waals surface area contributed by atoms with Gasteiger partial charge in [-0.15, -0.1) is 0 Å². The number of halogens is 1. The zero-order valence-corrected chi connectivity index (χ0v) is 15.5. The molecule has 0 bridgehead atoms. The number of hydrogen-bond donors (Lipinski definition) is 1. The molecule has 3 heterocycles. The fourth-order valence-corrected chi connectivity index (χ4v) is 2.95. The molecular formula is C18H15BrN4O3. The van der Waals surface area contributed by atoms with Crippen LogP contribution in [0.4, 0.5) is 0 Å². The van der Waals surface area contributed by atoms with Crippen molar-refractivity contribution in [2.24, 2.45) is 0 Å². The van der Waals surface area contributed by atoms with Crippen molar-refractivity contribution in [2.45, 2.75) is 6.42 Å². The summed E-state index contributed by atoms with van der Waals surface area (Å²) >= 11 is 3.19. The summed E-state index contributed by atoms with van der Waals surface area (Å²) in [5, 5.41) is 5.08. The molecule has 0 aliphatic carbocycles. The predicted molar refractivity (Wildman–Crippen MR) is 98.7 cm³/mol. The van der Waals surface area contributed by atoms with Gasteiger partial charge >= 0.3 is 0 Å². The van der Waals surface area contributed by atoms with Crippen LogP contribution < -0.4 is 0 Å². The minimum atomic E-state index is -0.199. The smallest absolute Gasteiger partial charge is 0.289 e. The molecule has 0 aliphatic heterocycles. The number of carbonyl (C=O) groups is 1.